The molecule has 0 aliphatic heterocycles. The maximum atomic E-state index is 4.43. The number of nitrogens with one attached hydrogen (secondary N) is 1. The number of benzene rings is 1. The molecule has 0 aliphatic carbocycles. The first-order valence-electron chi connectivity index (χ1n) is 4.99. The molecule has 0 saturated heterocycles. The van der Waals surface area contributed by atoms with Gasteiger partial charge in [-0.15, -0.1) is 0 Å². The summed E-state index contributed by atoms with van der Waals surface area (Å²) in [7, 11) is 1.85. The highest BCUT2D eigenvalue weighted by atomic mass is 79.9. The quantitative estimate of drug-likeness (QED) is 0.916. The van der Waals surface area contributed by atoms with Gasteiger partial charge in [0.1, 0.15) is 5.82 Å². The Hall–Kier alpha value is -1.42. The van der Waals surface area contributed by atoms with Crippen LogP contribution in [0.2, 0.25) is 0 Å². The van der Waals surface area contributed by atoms with Crippen molar-refractivity contribution in [3.63, 3.8) is 0 Å². The van der Waals surface area contributed by atoms with E-state index in [0.717, 1.165) is 27.4 Å². The normalized spacial score (nSPS) is 10.2. The van der Waals surface area contributed by atoms with Gasteiger partial charge in [0.2, 0.25) is 0 Å². The predicted octanol–water partition coefficient (Wildman–Crippen LogP) is 3.26. The molecule has 0 fully saturated rings. The van der Waals surface area contributed by atoms with Crippen molar-refractivity contribution in [2.45, 2.75) is 6.92 Å². The zero-order valence-corrected chi connectivity index (χ0v) is 10.7. The predicted molar refractivity (Wildman–Crippen MR) is 69.5 cm³/mol. The Balaban J connectivity index is 2.56. The molecule has 0 bridgehead atoms. The lowest BCUT2D eigenvalue weighted by Crippen LogP contribution is -1.98. The zero-order valence-electron chi connectivity index (χ0n) is 9.16. The van der Waals surface area contributed by atoms with Crippen LogP contribution in [0.1, 0.15) is 5.69 Å². The Morgan fingerprint density at radius 2 is 1.94 bits per heavy atom. The van der Waals surface area contributed by atoms with Crippen molar-refractivity contribution in [3.05, 3.63) is 40.5 Å². The van der Waals surface area contributed by atoms with Crippen molar-refractivity contribution in [2.24, 2.45) is 0 Å². The summed E-state index contributed by atoms with van der Waals surface area (Å²) in [5, 5.41) is 3.03. The van der Waals surface area contributed by atoms with Crippen molar-refractivity contribution in [2.75, 3.05) is 12.4 Å². The molecule has 0 aliphatic rings. The average molecular weight is 278 g/mol. The molecule has 3 nitrogen and oxygen atoms in total. The van der Waals surface area contributed by atoms with Crippen LogP contribution in [-0.4, -0.2) is 17.0 Å². The van der Waals surface area contributed by atoms with Gasteiger partial charge in [-0.3, -0.25) is 0 Å². The Labute approximate surface area is 103 Å². The first-order chi connectivity index (χ1) is 7.70. The van der Waals surface area contributed by atoms with Gasteiger partial charge in [-0.1, -0.05) is 34.1 Å². The van der Waals surface area contributed by atoms with E-state index in [4.69, 9.17) is 0 Å². The fourth-order valence-corrected chi connectivity index (χ4v) is 1.92. The Morgan fingerprint density at radius 1 is 1.19 bits per heavy atom. The van der Waals surface area contributed by atoms with Gasteiger partial charge >= 0.3 is 0 Å². The summed E-state index contributed by atoms with van der Waals surface area (Å²) >= 11 is 3.50. The van der Waals surface area contributed by atoms with E-state index >= 15 is 0 Å². The van der Waals surface area contributed by atoms with Crippen LogP contribution in [0, 0.1) is 6.92 Å². The second kappa shape index (κ2) is 4.61. The van der Waals surface area contributed by atoms with Gasteiger partial charge in [0.05, 0.1) is 0 Å². The summed E-state index contributed by atoms with van der Waals surface area (Å²) in [6, 6.07) is 9.85. The Kier molecular flexibility index (Phi) is 3.19. The third-order valence-electron chi connectivity index (χ3n) is 2.23. The molecule has 1 N–H and O–H groups in total. The van der Waals surface area contributed by atoms with Crippen LogP contribution in [-0.2, 0) is 0 Å². The van der Waals surface area contributed by atoms with Gasteiger partial charge in [-0.25, -0.2) is 9.97 Å². The minimum atomic E-state index is 0.733. The zero-order chi connectivity index (χ0) is 11.5. The SMILES string of the molecule is CNc1cc(C)nc(-c2ccccc2Br)n1. The van der Waals surface area contributed by atoms with Crippen molar-refractivity contribution in [3.8, 4) is 11.4 Å². The third-order valence-corrected chi connectivity index (χ3v) is 2.92. The summed E-state index contributed by atoms with van der Waals surface area (Å²) in [6.45, 7) is 1.96. The summed E-state index contributed by atoms with van der Waals surface area (Å²) in [5.74, 6) is 1.56. The van der Waals surface area contributed by atoms with Crippen LogP contribution in [0.4, 0.5) is 5.82 Å². The van der Waals surface area contributed by atoms with Gasteiger partial charge < -0.3 is 5.32 Å². The smallest absolute Gasteiger partial charge is 0.162 e. The van der Waals surface area contributed by atoms with Crippen LogP contribution in [0.25, 0.3) is 11.4 Å². The van der Waals surface area contributed by atoms with Crippen LogP contribution in [0.15, 0.2) is 34.8 Å². The minimum absolute atomic E-state index is 0.733. The fourth-order valence-electron chi connectivity index (χ4n) is 1.46. The van der Waals surface area contributed by atoms with Crippen LogP contribution in [0.3, 0.4) is 0 Å². The standard InChI is InChI=1S/C12H12BrN3/c1-8-7-11(14-2)16-12(15-8)9-5-3-4-6-10(9)13/h3-7H,1-2H3,(H,14,15,16). The van der Waals surface area contributed by atoms with Crippen LogP contribution < -0.4 is 5.32 Å². The Bertz CT molecular complexity index is 511. The maximum Gasteiger partial charge on any atom is 0.162 e. The van der Waals surface area contributed by atoms with Gasteiger partial charge in [-0.05, 0) is 13.0 Å². The molecule has 0 atom stereocenters. The van der Waals surface area contributed by atoms with Gasteiger partial charge in [0.15, 0.2) is 5.82 Å². The lowest BCUT2D eigenvalue weighted by molar-refractivity contribution is 1.11. The highest BCUT2D eigenvalue weighted by Crippen LogP contribution is 2.25. The van der Waals surface area contributed by atoms with Crippen molar-refractivity contribution in [1.82, 2.24) is 9.97 Å². The molecule has 1 aromatic carbocycles. The number of aromatic nitrogens is 2. The highest BCUT2D eigenvalue weighted by Gasteiger charge is 2.07. The molecule has 0 saturated carbocycles. The number of nitrogens with zero attached hydrogens (tertiary/aromatic N) is 2. The van der Waals surface area contributed by atoms with Crippen molar-refractivity contribution < 1.29 is 0 Å². The van der Waals surface area contributed by atoms with E-state index in [2.05, 4.69) is 31.2 Å². The molecule has 0 unspecified atom stereocenters. The fraction of sp³-hybridized carbons (Fsp3) is 0.167. The van der Waals surface area contributed by atoms with E-state index in [1.165, 1.54) is 0 Å². The van der Waals surface area contributed by atoms with Crippen molar-refractivity contribution in [1.29, 1.82) is 0 Å². The summed E-state index contributed by atoms with van der Waals surface area (Å²) in [4.78, 5) is 8.86. The molecule has 2 aromatic rings. The first-order valence-corrected chi connectivity index (χ1v) is 5.78. The van der Waals surface area contributed by atoms with Gasteiger partial charge in [0, 0.05) is 28.8 Å². The number of aryl methyl sites for hydroxylation is 1. The highest BCUT2D eigenvalue weighted by molar-refractivity contribution is 9.10. The van der Waals surface area contributed by atoms with E-state index < -0.39 is 0 Å². The van der Waals surface area contributed by atoms with E-state index in [0.29, 0.717) is 0 Å². The number of hydrogen-bond acceptors (Lipinski definition) is 3. The summed E-state index contributed by atoms with van der Waals surface area (Å²) in [5.41, 5.74) is 1.95. The number of hydrogen-bond donors (Lipinski definition) is 1. The number of rotatable bonds is 2. The second-order valence-electron chi connectivity index (χ2n) is 3.45. The molecule has 0 radical (unpaired) electrons. The van der Waals surface area contributed by atoms with E-state index in [-0.39, 0.29) is 0 Å². The largest absolute Gasteiger partial charge is 0.373 e. The van der Waals surface area contributed by atoms with E-state index in [1.54, 1.807) is 0 Å². The molecule has 82 valence electrons. The van der Waals surface area contributed by atoms with Gasteiger partial charge in [-0.2, -0.15) is 0 Å². The molecular formula is C12H12BrN3. The average Bonchev–Trinajstić information content (AvgIpc) is 2.28. The molecule has 1 heterocycles. The molecule has 1 aromatic heterocycles. The van der Waals surface area contributed by atoms with E-state index in [1.807, 2.05) is 44.3 Å². The Morgan fingerprint density at radius 3 is 2.62 bits per heavy atom. The van der Waals surface area contributed by atoms with Gasteiger partial charge in [0.25, 0.3) is 0 Å². The molecule has 2 rings (SSSR count). The topological polar surface area (TPSA) is 37.8 Å². The second-order valence-corrected chi connectivity index (χ2v) is 4.30. The van der Waals surface area contributed by atoms with Crippen molar-refractivity contribution >= 4 is 21.7 Å². The molecule has 4 heteroatoms. The van der Waals surface area contributed by atoms with Crippen LogP contribution >= 0.6 is 15.9 Å². The first kappa shape index (κ1) is 11.1. The molecule has 0 amide bonds. The monoisotopic (exact) mass is 277 g/mol. The lowest BCUT2D eigenvalue weighted by atomic mass is 10.2. The lowest BCUT2D eigenvalue weighted by Gasteiger charge is -2.06. The molecule has 0 spiro atoms. The molecule has 16 heavy (non-hydrogen) atoms. The maximum absolute atomic E-state index is 4.43. The number of anilines is 1. The summed E-state index contributed by atoms with van der Waals surface area (Å²) in [6.07, 6.45) is 0. The third kappa shape index (κ3) is 2.22. The minimum Gasteiger partial charge on any atom is -0.373 e. The van der Waals surface area contributed by atoms with Crippen LogP contribution in [0.5, 0.6) is 0 Å². The summed E-state index contributed by atoms with van der Waals surface area (Å²) < 4.78 is 1.00. The number of halogens is 1. The van der Waals surface area contributed by atoms with E-state index in [9.17, 15) is 0 Å². The molecular weight excluding hydrogens is 266 g/mol.